The predicted molar refractivity (Wildman–Crippen MR) is 153 cm³/mol. The van der Waals surface area contributed by atoms with Crippen LogP contribution >= 0.6 is 0 Å². The van der Waals surface area contributed by atoms with Gasteiger partial charge in [-0.3, -0.25) is 4.68 Å². The van der Waals surface area contributed by atoms with Crippen LogP contribution in [0.1, 0.15) is 0 Å². The molecule has 7 aromatic rings. The first kappa shape index (κ1) is 25.6. The molecule has 0 bridgehead atoms. The molecule has 6 nitrogen and oxygen atoms in total. The molecule has 0 fully saturated rings. The van der Waals surface area contributed by atoms with Crippen LogP contribution in [0.3, 0.4) is 0 Å². The normalized spacial score (nSPS) is 10.9. The van der Waals surface area contributed by atoms with Crippen molar-refractivity contribution in [1.82, 2.24) is 14.8 Å². The molecule has 0 aliphatic carbocycles. The van der Waals surface area contributed by atoms with Gasteiger partial charge in [-0.25, -0.2) is 10.1 Å². The Bertz CT molecular complexity index is 1880. The van der Waals surface area contributed by atoms with Crippen LogP contribution in [0, 0.1) is 12.1 Å². The number of nitrogens with zero attached hydrogens (tertiary/aromatic N) is 4. The van der Waals surface area contributed by atoms with Gasteiger partial charge in [0.1, 0.15) is 11.4 Å². The van der Waals surface area contributed by atoms with Crippen LogP contribution in [-0.4, -0.2) is 14.8 Å². The van der Waals surface area contributed by atoms with Gasteiger partial charge in [0, 0.05) is 47.9 Å². The third-order valence-electron chi connectivity index (χ3n) is 6.46. The molecule has 196 valence electrons. The molecule has 40 heavy (non-hydrogen) atoms. The van der Waals surface area contributed by atoms with E-state index < -0.39 is 0 Å². The molecule has 0 spiro atoms. The van der Waals surface area contributed by atoms with E-state index in [0.717, 1.165) is 44.8 Å². The maximum atomic E-state index is 6.36. The fraction of sp³-hybridized carbons (Fsp3) is 0.0303. The van der Waals surface area contributed by atoms with Gasteiger partial charge in [-0.15, -0.1) is 29.8 Å². The number of hydrogen-bond donors (Lipinski definition) is 0. The molecule has 0 atom stereocenters. The van der Waals surface area contributed by atoms with E-state index in [-0.39, 0.29) is 21.1 Å². The van der Waals surface area contributed by atoms with E-state index in [1.807, 2.05) is 110 Å². The monoisotopic (exact) mass is 701 g/mol. The third kappa shape index (κ3) is 4.78. The van der Waals surface area contributed by atoms with Crippen molar-refractivity contribution in [3.05, 3.63) is 128 Å². The van der Waals surface area contributed by atoms with Gasteiger partial charge in [-0.2, -0.15) is 0 Å². The largest absolute Gasteiger partial charge is 2.00 e. The molecule has 0 radical (unpaired) electrons. The average Bonchev–Trinajstić information content (AvgIpc) is 3.58. The number of para-hydroxylation sites is 2. The van der Waals surface area contributed by atoms with E-state index in [2.05, 4.69) is 33.2 Å². The van der Waals surface area contributed by atoms with E-state index in [1.165, 1.54) is 0 Å². The molecule has 0 saturated heterocycles. The van der Waals surface area contributed by atoms with E-state index in [1.54, 1.807) is 10.9 Å². The molecule has 7 rings (SSSR count). The number of fused-ring (bicyclic) bond motifs is 3. The minimum Gasteiger partial charge on any atom is -0.503 e. The second kappa shape index (κ2) is 10.8. The Balaban J connectivity index is 0.00000289. The Morgan fingerprint density at radius 3 is 2.42 bits per heavy atom. The van der Waals surface area contributed by atoms with Crippen molar-refractivity contribution in [3.63, 3.8) is 0 Å². The number of aromatic nitrogens is 3. The summed E-state index contributed by atoms with van der Waals surface area (Å²) in [6.07, 6.45) is 3.69. The summed E-state index contributed by atoms with van der Waals surface area (Å²) in [5, 5.41) is 6.41. The number of ether oxygens (including phenoxy) is 1. The van der Waals surface area contributed by atoms with E-state index >= 15 is 0 Å². The van der Waals surface area contributed by atoms with Gasteiger partial charge in [0.15, 0.2) is 0 Å². The number of anilines is 3. The summed E-state index contributed by atoms with van der Waals surface area (Å²) in [7, 11) is 1.89. The summed E-state index contributed by atoms with van der Waals surface area (Å²) in [5.74, 6) is 1.81. The Morgan fingerprint density at radius 1 is 0.800 bits per heavy atom. The number of benzene rings is 4. The summed E-state index contributed by atoms with van der Waals surface area (Å²) >= 11 is 0. The van der Waals surface area contributed by atoms with E-state index in [4.69, 9.17) is 9.15 Å². The van der Waals surface area contributed by atoms with Crippen molar-refractivity contribution >= 4 is 39.1 Å². The fourth-order valence-corrected chi connectivity index (χ4v) is 4.74. The number of furan rings is 1. The predicted octanol–water partition coefficient (Wildman–Crippen LogP) is 8.24. The first-order chi connectivity index (χ1) is 19.2. The van der Waals surface area contributed by atoms with Crippen molar-refractivity contribution in [1.29, 1.82) is 0 Å². The Morgan fingerprint density at radius 2 is 1.62 bits per heavy atom. The molecule has 0 unspecified atom stereocenters. The quantitative estimate of drug-likeness (QED) is 0.164. The van der Waals surface area contributed by atoms with Gasteiger partial charge in [0.2, 0.25) is 0 Å². The summed E-state index contributed by atoms with van der Waals surface area (Å²) in [6, 6.07) is 40.4. The molecule has 0 aliphatic rings. The zero-order valence-electron chi connectivity index (χ0n) is 21.4. The number of rotatable bonds is 6. The van der Waals surface area contributed by atoms with Crippen molar-refractivity contribution in [2.75, 3.05) is 4.90 Å². The smallest absolute Gasteiger partial charge is 0.503 e. The van der Waals surface area contributed by atoms with Gasteiger partial charge in [0.25, 0.3) is 0 Å². The number of hydrogen-bond acceptors (Lipinski definition) is 5. The SMILES string of the molecule is Cn1ccc(-c2[c-]c(Oc3[c-]c(N(c4ccccc4)c4ccccn4)c4c(c3)oc3ccccc34)ccc2)n1.[Pt+2]. The van der Waals surface area contributed by atoms with Gasteiger partial charge in [-0.1, -0.05) is 71.7 Å². The summed E-state index contributed by atoms with van der Waals surface area (Å²) in [6.45, 7) is 0. The topological polar surface area (TPSA) is 56.3 Å². The summed E-state index contributed by atoms with van der Waals surface area (Å²) in [4.78, 5) is 6.76. The molecule has 0 saturated carbocycles. The van der Waals surface area contributed by atoms with Crippen LogP contribution in [0.15, 0.2) is 120 Å². The second-order valence-corrected chi connectivity index (χ2v) is 9.08. The average molecular weight is 702 g/mol. The summed E-state index contributed by atoms with van der Waals surface area (Å²) < 4.78 is 14.4. The third-order valence-corrected chi connectivity index (χ3v) is 6.46. The van der Waals surface area contributed by atoms with Gasteiger partial charge >= 0.3 is 21.1 Å². The Labute approximate surface area is 245 Å². The van der Waals surface area contributed by atoms with Gasteiger partial charge in [-0.05, 0) is 35.7 Å². The van der Waals surface area contributed by atoms with Gasteiger partial charge in [0.05, 0.1) is 0 Å². The molecule has 4 aromatic carbocycles. The maximum Gasteiger partial charge on any atom is 2.00 e. The molecular weight excluding hydrogens is 679 g/mol. The van der Waals surface area contributed by atoms with Crippen LogP contribution in [0.25, 0.3) is 33.2 Å². The minimum absolute atomic E-state index is 0. The van der Waals surface area contributed by atoms with Crippen molar-refractivity contribution in [3.8, 4) is 22.8 Å². The van der Waals surface area contributed by atoms with E-state index in [0.29, 0.717) is 17.1 Å². The number of aryl methyl sites for hydroxylation is 1. The Kier molecular flexibility index (Phi) is 6.93. The first-order valence-corrected chi connectivity index (χ1v) is 12.6. The molecule has 0 amide bonds. The molecular formula is C33H22N4O2Pt. The first-order valence-electron chi connectivity index (χ1n) is 12.6. The zero-order valence-corrected chi connectivity index (χ0v) is 23.7. The van der Waals surface area contributed by atoms with Crippen LogP contribution in [0.4, 0.5) is 17.2 Å². The summed E-state index contributed by atoms with van der Waals surface area (Å²) in [5.41, 5.74) is 4.87. The zero-order chi connectivity index (χ0) is 26.2. The van der Waals surface area contributed by atoms with Crippen molar-refractivity contribution in [2.45, 2.75) is 0 Å². The molecule has 0 N–H and O–H groups in total. The van der Waals surface area contributed by atoms with Crippen molar-refractivity contribution < 1.29 is 30.2 Å². The number of pyridine rings is 1. The van der Waals surface area contributed by atoms with Crippen LogP contribution < -0.4 is 9.64 Å². The molecule has 7 heteroatoms. The standard InChI is InChI=1S/C33H22N4O2.Pt/c1-36-19-17-28(35-36)23-10-9-13-25(20-23)38-26-21-29(33-27-14-5-6-15-30(27)39-31(33)22-26)37(24-11-3-2-4-12-24)32-16-7-8-18-34-32;/h2-19,22H,1H3;/q-2;+2. The van der Waals surface area contributed by atoms with Crippen LogP contribution in [-0.2, 0) is 28.1 Å². The second-order valence-electron chi connectivity index (χ2n) is 9.08. The van der Waals surface area contributed by atoms with Crippen molar-refractivity contribution in [2.24, 2.45) is 7.05 Å². The van der Waals surface area contributed by atoms with E-state index in [9.17, 15) is 0 Å². The molecule has 3 aromatic heterocycles. The fourth-order valence-electron chi connectivity index (χ4n) is 4.74. The molecule has 3 heterocycles. The minimum atomic E-state index is 0. The van der Waals surface area contributed by atoms with Crippen LogP contribution in [0.2, 0.25) is 0 Å². The Hall–Kier alpha value is -4.67. The molecule has 0 aliphatic heterocycles. The maximum absolute atomic E-state index is 6.36. The van der Waals surface area contributed by atoms with Gasteiger partial charge < -0.3 is 14.1 Å². The van der Waals surface area contributed by atoms with Crippen LogP contribution in [0.5, 0.6) is 11.5 Å².